The van der Waals surface area contributed by atoms with Crippen molar-refractivity contribution >= 4 is 11.9 Å². The van der Waals surface area contributed by atoms with Crippen LogP contribution in [-0.4, -0.2) is 35.0 Å². The fraction of sp³-hybridized carbons (Fsp3) is 0.818. The van der Waals surface area contributed by atoms with Crippen LogP contribution in [0.3, 0.4) is 0 Å². The number of likely N-dealkylation sites (tertiary alicyclic amines) is 1. The Kier molecular flexibility index (Phi) is 3.37. The summed E-state index contributed by atoms with van der Waals surface area (Å²) in [6.07, 6.45) is 1.98. The average molecular weight is 213 g/mol. The predicted molar refractivity (Wildman–Crippen MR) is 56.4 cm³/mol. The molecular formula is C11H19NO3. The molecule has 1 atom stereocenters. The first kappa shape index (κ1) is 12.0. The molecule has 4 nitrogen and oxygen atoms in total. The molecule has 1 rings (SSSR count). The maximum atomic E-state index is 11.3. The van der Waals surface area contributed by atoms with Crippen molar-refractivity contribution < 1.29 is 14.7 Å². The van der Waals surface area contributed by atoms with Gasteiger partial charge in [-0.15, -0.1) is 0 Å². The Hall–Kier alpha value is -1.06. The van der Waals surface area contributed by atoms with Crippen LogP contribution in [0.5, 0.6) is 0 Å². The molecule has 0 radical (unpaired) electrons. The molecule has 15 heavy (non-hydrogen) atoms. The number of aliphatic carboxylic acids is 1. The lowest BCUT2D eigenvalue weighted by Crippen LogP contribution is -2.46. The topological polar surface area (TPSA) is 57.6 Å². The van der Waals surface area contributed by atoms with Crippen molar-refractivity contribution in [3.63, 3.8) is 0 Å². The van der Waals surface area contributed by atoms with E-state index in [0.29, 0.717) is 19.0 Å². The zero-order chi connectivity index (χ0) is 11.6. The first-order chi connectivity index (χ1) is 6.82. The number of carboxylic acid groups (broad SMARTS) is 1. The molecule has 0 aromatic rings. The maximum absolute atomic E-state index is 11.3. The predicted octanol–water partition coefficient (Wildman–Crippen LogP) is 1.36. The van der Waals surface area contributed by atoms with Gasteiger partial charge in [-0.25, -0.2) is 4.79 Å². The van der Waals surface area contributed by atoms with E-state index in [0.717, 1.165) is 12.8 Å². The highest BCUT2D eigenvalue weighted by Crippen LogP contribution is 2.33. The molecule has 1 aliphatic rings. The van der Waals surface area contributed by atoms with Crippen molar-refractivity contribution in [1.82, 2.24) is 4.90 Å². The van der Waals surface area contributed by atoms with Gasteiger partial charge in [0.25, 0.3) is 0 Å². The van der Waals surface area contributed by atoms with Crippen LogP contribution in [0.1, 0.15) is 33.6 Å². The van der Waals surface area contributed by atoms with Gasteiger partial charge < -0.3 is 10.0 Å². The van der Waals surface area contributed by atoms with E-state index < -0.39 is 11.9 Å². The van der Waals surface area contributed by atoms with E-state index >= 15 is 0 Å². The molecule has 0 aromatic carbocycles. The number of nitrogens with zero attached hydrogens (tertiary/aromatic N) is 1. The zero-order valence-corrected chi connectivity index (χ0v) is 9.62. The van der Waals surface area contributed by atoms with Crippen LogP contribution < -0.4 is 0 Å². The Morgan fingerprint density at radius 2 is 1.93 bits per heavy atom. The van der Waals surface area contributed by atoms with E-state index in [2.05, 4.69) is 20.8 Å². The molecule has 86 valence electrons. The van der Waals surface area contributed by atoms with Crippen molar-refractivity contribution in [2.45, 2.75) is 33.6 Å². The van der Waals surface area contributed by atoms with Crippen LogP contribution in [0.2, 0.25) is 0 Å². The molecule has 1 saturated heterocycles. The minimum atomic E-state index is -1.34. The molecule has 1 amide bonds. The molecule has 1 fully saturated rings. The molecule has 0 saturated carbocycles. The first-order valence-electron chi connectivity index (χ1n) is 5.34. The van der Waals surface area contributed by atoms with Crippen molar-refractivity contribution in [3.8, 4) is 0 Å². The second-order valence-corrected chi connectivity index (χ2v) is 5.26. The second kappa shape index (κ2) is 4.21. The van der Waals surface area contributed by atoms with Crippen LogP contribution in [-0.2, 0) is 9.59 Å². The number of carbonyl (C=O) groups is 2. The fourth-order valence-corrected chi connectivity index (χ4v) is 2.00. The summed E-state index contributed by atoms with van der Waals surface area (Å²) in [6, 6.07) is 0. The van der Waals surface area contributed by atoms with E-state index in [1.807, 2.05) is 0 Å². The van der Waals surface area contributed by atoms with E-state index in [9.17, 15) is 9.59 Å². The third-order valence-electron chi connectivity index (χ3n) is 3.12. The number of amides is 1. The maximum Gasteiger partial charge on any atom is 0.394 e. The Bertz CT molecular complexity index is 267. The number of hydrogen-bond acceptors (Lipinski definition) is 2. The number of piperidine rings is 1. The van der Waals surface area contributed by atoms with Gasteiger partial charge in [-0.3, -0.25) is 4.79 Å². The minimum Gasteiger partial charge on any atom is -0.474 e. The van der Waals surface area contributed by atoms with Gasteiger partial charge in [0.15, 0.2) is 0 Å². The van der Waals surface area contributed by atoms with Gasteiger partial charge >= 0.3 is 11.9 Å². The summed E-state index contributed by atoms with van der Waals surface area (Å²) in [5, 5.41) is 8.63. The Morgan fingerprint density at radius 1 is 1.33 bits per heavy atom. The molecule has 0 bridgehead atoms. The zero-order valence-electron chi connectivity index (χ0n) is 9.62. The molecule has 0 spiro atoms. The van der Waals surface area contributed by atoms with Crippen molar-refractivity contribution in [3.05, 3.63) is 0 Å². The summed E-state index contributed by atoms with van der Waals surface area (Å²) in [7, 11) is 0. The molecule has 1 N–H and O–H groups in total. The Labute approximate surface area is 90.3 Å². The van der Waals surface area contributed by atoms with Gasteiger partial charge in [0, 0.05) is 13.1 Å². The lowest BCUT2D eigenvalue weighted by atomic mass is 9.76. The minimum absolute atomic E-state index is 0.136. The van der Waals surface area contributed by atoms with Crippen LogP contribution in [0.15, 0.2) is 0 Å². The van der Waals surface area contributed by atoms with Crippen molar-refractivity contribution in [1.29, 1.82) is 0 Å². The summed E-state index contributed by atoms with van der Waals surface area (Å²) in [5.41, 5.74) is 0.136. The summed E-state index contributed by atoms with van der Waals surface area (Å²) < 4.78 is 0. The fourth-order valence-electron chi connectivity index (χ4n) is 2.00. The number of rotatable bonds is 0. The molecular weight excluding hydrogens is 194 g/mol. The summed E-state index contributed by atoms with van der Waals surface area (Å²) in [6.45, 7) is 7.55. The largest absolute Gasteiger partial charge is 0.474 e. The van der Waals surface area contributed by atoms with Crippen LogP contribution in [0.25, 0.3) is 0 Å². The van der Waals surface area contributed by atoms with E-state index in [-0.39, 0.29) is 5.41 Å². The highest BCUT2D eigenvalue weighted by atomic mass is 16.4. The number of hydrogen-bond donors (Lipinski definition) is 1. The van der Waals surface area contributed by atoms with Gasteiger partial charge in [-0.1, -0.05) is 20.8 Å². The second-order valence-electron chi connectivity index (χ2n) is 5.26. The summed E-state index contributed by atoms with van der Waals surface area (Å²) >= 11 is 0. The molecule has 1 heterocycles. The molecule has 1 unspecified atom stereocenters. The van der Waals surface area contributed by atoms with Crippen LogP contribution in [0, 0.1) is 11.3 Å². The Morgan fingerprint density at radius 3 is 2.40 bits per heavy atom. The highest BCUT2D eigenvalue weighted by Gasteiger charge is 2.33. The van der Waals surface area contributed by atoms with E-state index in [4.69, 9.17) is 5.11 Å². The standard InChI is InChI=1S/C11H19NO3/c1-11(2,3)8-5-4-6-12(7-8)9(13)10(14)15/h8H,4-7H2,1-3H3,(H,14,15). The summed E-state index contributed by atoms with van der Waals surface area (Å²) in [5.74, 6) is -1.71. The average Bonchev–Trinajstić information content (AvgIpc) is 2.15. The van der Waals surface area contributed by atoms with Gasteiger partial charge in [-0.05, 0) is 24.2 Å². The number of carboxylic acids is 1. The van der Waals surface area contributed by atoms with Gasteiger partial charge in [-0.2, -0.15) is 0 Å². The van der Waals surface area contributed by atoms with Gasteiger partial charge in [0.2, 0.25) is 0 Å². The lowest BCUT2D eigenvalue weighted by molar-refractivity contribution is -0.157. The van der Waals surface area contributed by atoms with Crippen molar-refractivity contribution in [2.24, 2.45) is 11.3 Å². The SMILES string of the molecule is CC(C)(C)C1CCCN(C(=O)C(=O)O)C1. The Balaban J connectivity index is 2.64. The van der Waals surface area contributed by atoms with Gasteiger partial charge in [0.05, 0.1) is 0 Å². The molecule has 0 aromatic heterocycles. The first-order valence-corrected chi connectivity index (χ1v) is 5.34. The van der Waals surface area contributed by atoms with Crippen molar-refractivity contribution in [2.75, 3.05) is 13.1 Å². The highest BCUT2D eigenvalue weighted by molar-refractivity contribution is 6.31. The van der Waals surface area contributed by atoms with Crippen LogP contribution >= 0.6 is 0 Å². The smallest absolute Gasteiger partial charge is 0.394 e. The quantitative estimate of drug-likeness (QED) is 0.618. The third-order valence-corrected chi connectivity index (χ3v) is 3.12. The monoisotopic (exact) mass is 213 g/mol. The number of carbonyl (C=O) groups excluding carboxylic acids is 1. The van der Waals surface area contributed by atoms with Gasteiger partial charge in [0.1, 0.15) is 0 Å². The van der Waals surface area contributed by atoms with E-state index in [1.165, 1.54) is 4.90 Å². The van der Waals surface area contributed by atoms with E-state index in [1.54, 1.807) is 0 Å². The lowest BCUT2D eigenvalue weighted by Gasteiger charge is -2.39. The normalized spacial score (nSPS) is 22.6. The molecule has 1 aliphatic heterocycles. The molecule has 0 aliphatic carbocycles. The van der Waals surface area contributed by atoms with Crippen LogP contribution in [0.4, 0.5) is 0 Å². The molecule has 4 heteroatoms. The third kappa shape index (κ3) is 2.94. The summed E-state index contributed by atoms with van der Waals surface area (Å²) in [4.78, 5) is 23.3.